The first kappa shape index (κ1) is 20.0. The van der Waals surface area contributed by atoms with Crippen LogP contribution < -0.4 is 0 Å². The van der Waals surface area contributed by atoms with Crippen molar-refractivity contribution in [3.8, 4) is 0 Å². The molecule has 28 heavy (non-hydrogen) atoms. The maximum Gasteiger partial charge on any atom is 0.282 e. The molecule has 0 N–H and O–H groups in total. The van der Waals surface area contributed by atoms with Crippen LogP contribution in [0.2, 0.25) is 0 Å². The first-order chi connectivity index (χ1) is 13.2. The van der Waals surface area contributed by atoms with Crippen LogP contribution in [0.1, 0.15) is 21.5 Å². The molecule has 1 heterocycles. The molecule has 1 saturated heterocycles. The number of hydrogen-bond donors (Lipinski definition) is 0. The molecule has 0 bridgehead atoms. The Labute approximate surface area is 163 Å². The van der Waals surface area contributed by atoms with Gasteiger partial charge in [0.1, 0.15) is 5.56 Å². The Balaban J connectivity index is 1.75. The Morgan fingerprint density at radius 3 is 2.25 bits per heavy atom. The number of carbonyl (C=O) groups is 1. The first-order valence-corrected chi connectivity index (χ1v) is 10.3. The van der Waals surface area contributed by atoms with Crippen molar-refractivity contribution >= 4 is 21.6 Å². The first-order valence-electron chi connectivity index (χ1n) is 8.82. The number of para-hydroxylation sites is 1. The third-order valence-electron chi connectivity index (χ3n) is 4.97. The Morgan fingerprint density at radius 2 is 1.64 bits per heavy atom. The van der Waals surface area contributed by atoms with E-state index >= 15 is 0 Å². The van der Waals surface area contributed by atoms with Crippen molar-refractivity contribution in [2.24, 2.45) is 0 Å². The molecular formula is C19H21N3O5S. The molecule has 0 saturated carbocycles. The number of carbonyl (C=O) groups excluding carboxylic acids is 1. The second-order valence-corrected chi connectivity index (χ2v) is 8.65. The van der Waals surface area contributed by atoms with E-state index in [-0.39, 0.29) is 42.3 Å². The van der Waals surface area contributed by atoms with Crippen LogP contribution in [0.15, 0.2) is 47.4 Å². The molecule has 8 nitrogen and oxygen atoms in total. The molecule has 2 aromatic carbocycles. The van der Waals surface area contributed by atoms with E-state index in [0.717, 1.165) is 11.1 Å². The van der Waals surface area contributed by atoms with Crippen LogP contribution >= 0.6 is 0 Å². The molecule has 3 rings (SSSR count). The van der Waals surface area contributed by atoms with Crippen molar-refractivity contribution in [3.05, 3.63) is 69.3 Å². The maximum absolute atomic E-state index is 12.9. The SMILES string of the molecule is Cc1ccc(S(=O)(=O)N2CCN(C(=O)c3ccccc3[N+](=O)[O-])CC2)cc1C. The van der Waals surface area contributed by atoms with E-state index in [0.29, 0.717) is 0 Å². The zero-order valence-corrected chi connectivity index (χ0v) is 16.5. The summed E-state index contributed by atoms with van der Waals surface area (Å²) in [6, 6.07) is 10.8. The summed E-state index contributed by atoms with van der Waals surface area (Å²) >= 11 is 0. The highest BCUT2D eigenvalue weighted by Crippen LogP contribution is 2.23. The number of rotatable bonds is 4. The van der Waals surface area contributed by atoms with Gasteiger partial charge in [-0.15, -0.1) is 0 Å². The van der Waals surface area contributed by atoms with Crippen molar-refractivity contribution in [1.82, 2.24) is 9.21 Å². The zero-order chi connectivity index (χ0) is 20.5. The van der Waals surface area contributed by atoms with Gasteiger partial charge in [0.2, 0.25) is 10.0 Å². The van der Waals surface area contributed by atoms with Crippen LogP contribution in [-0.2, 0) is 10.0 Å². The molecule has 0 spiro atoms. The number of nitro benzene ring substituents is 1. The molecule has 0 radical (unpaired) electrons. The number of amides is 1. The minimum Gasteiger partial charge on any atom is -0.336 e. The van der Waals surface area contributed by atoms with Gasteiger partial charge in [-0.05, 0) is 43.2 Å². The van der Waals surface area contributed by atoms with Crippen LogP contribution in [0, 0.1) is 24.0 Å². The van der Waals surface area contributed by atoms with Crippen molar-refractivity contribution < 1.29 is 18.1 Å². The highest BCUT2D eigenvalue weighted by Gasteiger charge is 2.32. The Hall–Kier alpha value is -2.78. The summed E-state index contributed by atoms with van der Waals surface area (Å²) in [5.74, 6) is -0.462. The molecule has 0 aliphatic carbocycles. The molecule has 1 aliphatic heterocycles. The van der Waals surface area contributed by atoms with E-state index in [4.69, 9.17) is 0 Å². The van der Waals surface area contributed by atoms with E-state index in [2.05, 4.69) is 0 Å². The van der Waals surface area contributed by atoms with Gasteiger partial charge in [-0.3, -0.25) is 14.9 Å². The fourth-order valence-electron chi connectivity index (χ4n) is 3.14. The Bertz CT molecular complexity index is 1030. The summed E-state index contributed by atoms with van der Waals surface area (Å²) in [4.78, 5) is 24.9. The van der Waals surface area contributed by atoms with Crippen molar-refractivity contribution in [1.29, 1.82) is 0 Å². The molecule has 2 aromatic rings. The van der Waals surface area contributed by atoms with Crippen LogP contribution in [0.3, 0.4) is 0 Å². The predicted molar refractivity (Wildman–Crippen MR) is 104 cm³/mol. The molecular weight excluding hydrogens is 382 g/mol. The van der Waals surface area contributed by atoms with Gasteiger partial charge >= 0.3 is 0 Å². The number of piperazine rings is 1. The van der Waals surface area contributed by atoms with Crippen LogP contribution in [0.25, 0.3) is 0 Å². The van der Waals surface area contributed by atoms with Gasteiger partial charge in [-0.1, -0.05) is 18.2 Å². The van der Waals surface area contributed by atoms with E-state index in [1.54, 1.807) is 24.3 Å². The van der Waals surface area contributed by atoms with Crippen LogP contribution in [0.5, 0.6) is 0 Å². The predicted octanol–water partition coefficient (Wildman–Crippen LogP) is 2.36. The lowest BCUT2D eigenvalue weighted by Crippen LogP contribution is -2.50. The van der Waals surface area contributed by atoms with Gasteiger partial charge in [0, 0.05) is 32.2 Å². The molecule has 1 fully saturated rings. The highest BCUT2D eigenvalue weighted by molar-refractivity contribution is 7.89. The molecule has 1 amide bonds. The van der Waals surface area contributed by atoms with Gasteiger partial charge in [0.15, 0.2) is 0 Å². The molecule has 9 heteroatoms. The van der Waals surface area contributed by atoms with Gasteiger partial charge < -0.3 is 4.90 Å². The lowest BCUT2D eigenvalue weighted by Gasteiger charge is -2.34. The standard InChI is InChI=1S/C19H21N3O5S/c1-14-7-8-16(13-15(14)2)28(26,27)21-11-9-20(10-12-21)19(23)17-5-3-4-6-18(17)22(24)25/h3-8,13H,9-12H2,1-2H3. The largest absolute Gasteiger partial charge is 0.336 e. The van der Waals surface area contributed by atoms with E-state index in [1.165, 1.54) is 27.4 Å². The lowest BCUT2D eigenvalue weighted by atomic mass is 10.1. The van der Waals surface area contributed by atoms with Gasteiger partial charge in [0.05, 0.1) is 9.82 Å². The number of aryl methyl sites for hydroxylation is 2. The van der Waals surface area contributed by atoms with Crippen molar-refractivity contribution in [2.75, 3.05) is 26.2 Å². The van der Waals surface area contributed by atoms with Gasteiger partial charge in [0.25, 0.3) is 11.6 Å². The quantitative estimate of drug-likeness (QED) is 0.576. The summed E-state index contributed by atoms with van der Waals surface area (Å²) < 4.78 is 27.1. The topological polar surface area (TPSA) is 101 Å². The van der Waals surface area contributed by atoms with E-state index in [1.807, 2.05) is 13.8 Å². The summed E-state index contributed by atoms with van der Waals surface area (Å²) in [6.07, 6.45) is 0. The third-order valence-corrected chi connectivity index (χ3v) is 6.87. The third kappa shape index (κ3) is 3.76. The summed E-state index contributed by atoms with van der Waals surface area (Å²) in [6.45, 7) is 4.41. The Morgan fingerprint density at radius 1 is 1.00 bits per heavy atom. The number of nitro groups is 1. The van der Waals surface area contributed by atoms with Gasteiger partial charge in [-0.25, -0.2) is 8.42 Å². The molecule has 1 aliphatic rings. The molecule has 0 aromatic heterocycles. The lowest BCUT2D eigenvalue weighted by molar-refractivity contribution is -0.385. The normalized spacial score (nSPS) is 15.4. The van der Waals surface area contributed by atoms with Crippen molar-refractivity contribution in [3.63, 3.8) is 0 Å². The van der Waals surface area contributed by atoms with E-state index in [9.17, 15) is 23.3 Å². The molecule has 0 unspecified atom stereocenters. The monoisotopic (exact) mass is 403 g/mol. The number of hydrogen-bond acceptors (Lipinski definition) is 5. The van der Waals surface area contributed by atoms with Crippen LogP contribution in [-0.4, -0.2) is 54.6 Å². The minimum absolute atomic E-state index is 0.0120. The Kier molecular flexibility index (Phi) is 5.48. The zero-order valence-electron chi connectivity index (χ0n) is 15.7. The number of benzene rings is 2. The minimum atomic E-state index is -3.65. The van der Waals surface area contributed by atoms with Gasteiger partial charge in [-0.2, -0.15) is 4.31 Å². The van der Waals surface area contributed by atoms with E-state index < -0.39 is 20.9 Å². The number of sulfonamides is 1. The fraction of sp³-hybridized carbons (Fsp3) is 0.316. The summed E-state index contributed by atoms with van der Waals surface area (Å²) in [5, 5.41) is 11.1. The van der Waals surface area contributed by atoms with Crippen molar-refractivity contribution in [2.45, 2.75) is 18.7 Å². The summed E-state index contributed by atoms with van der Waals surface area (Å²) in [7, 11) is -3.65. The second-order valence-electron chi connectivity index (χ2n) is 6.72. The van der Waals surface area contributed by atoms with Crippen LogP contribution in [0.4, 0.5) is 5.69 Å². The smallest absolute Gasteiger partial charge is 0.282 e. The number of nitrogens with zero attached hydrogens (tertiary/aromatic N) is 3. The second kappa shape index (κ2) is 7.69. The molecule has 148 valence electrons. The summed E-state index contributed by atoms with van der Waals surface area (Å²) in [5.41, 5.74) is 1.67. The maximum atomic E-state index is 12.9. The fourth-order valence-corrected chi connectivity index (χ4v) is 4.65. The average molecular weight is 403 g/mol. The average Bonchev–Trinajstić information content (AvgIpc) is 2.69. The highest BCUT2D eigenvalue weighted by atomic mass is 32.2. The molecule has 0 atom stereocenters.